The number of carbonyl (C=O) groups is 1. The summed E-state index contributed by atoms with van der Waals surface area (Å²) in [7, 11) is 0. The van der Waals surface area contributed by atoms with Gasteiger partial charge >= 0.3 is 0 Å². The molecule has 0 radical (unpaired) electrons. The molecule has 1 amide bonds. The third kappa shape index (κ3) is 35.3. The van der Waals surface area contributed by atoms with Crippen LogP contribution in [0.25, 0.3) is 0 Å². The third-order valence-corrected chi connectivity index (χ3v) is 10.4. The van der Waals surface area contributed by atoms with E-state index in [1.807, 2.05) is 6.08 Å². The zero-order valence-corrected chi connectivity index (χ0v) is 33.1. The van der Waals surface area contributed by atoms with Gasteiger partial charge in [0.25, 0.3) is 0 Å². The first kappa shape index (κ1) is 48.1. The van der Waals surface area contributed by atoms with E-state index in [1.165, 1.54) is 186 Å². The van der Waals surface area contributed by atoms with Gasteiger partial charge in [0.1, 0.15) is 6.10 Å². The summed E-state index contributed by atoms with van der Waals surface area (Å²) in [5, 5.41) is 33.1. The lowest BCUT2D eigenvalue weighted by Crippen LogP contribution is -2.48. The lowest BCUT2D eigenvalue weighted by atomic mass is 10.0. The van der Waals surface area contributed by atoms with Gasteiger partial charge < -0.3 is 20.6 Å². The molecule has 0 bridgehead atoms. The lowest BCUT2D eigenvalue weighted by molar-refractivity contribution is -0.131. The summed E-state index contributed by atoms with van der Waals surface area (Å²) in [4.78, 5) is 12.5. The fourth-order valence-electron chi connectivity index (χ4n) is 6.89. The Labute approximate surface area is 306 Å². The van der Waals surface area contributed by atoms with Crippen molar-refractivity contribution in [1.29, 1.82) is 0 Å². The van der Waals surface area contributed by atoms with Crippen LogP contribution < -0.4 is 5.32 Å². The van der Waals surface area contributed by atoms with Gasteiger partial charge in [-0.2, -0.15) is 0 Å². The average Bonchev–Trinajstić information content (AvgIpc) is 3.11. The Morgan fingerprint density at radius 3 is 1.12 bits per heavy atom. The van der Waals surface area contributed by atoms with E-state index in [4.69, 9.17) is 0 Å². The van der Waals surface area contributed by atoms with Crippen molar-refractivity contribution in [3.05, 3.63) is 12.2 Å². The maximum absolute atomic E-state index is 12.5. The quantitative estimate of drug-likeness (QED) is 0.0380. The van der Waals surface area contributed by atoms with Crippen LogP contribution in [0.2, 0.25) is 0 Å². The van der Waals surface area contributed by atoms with Crippen LogP contribution in [0.3, 0.4) is 0 Å². The van der Waals surface area contributed by atoms with Gasteiger partial charge in [0.2, 0.25) is 5.91 Å². The van der Waals surface area contributed by atoms with E-state index in [-0.39, 0.29) is 6.61 Å². The van der Waals surface area contributed by atoms with Crippen LogP contribution in [0, 0.1) is 0 Å². The number of unbranched alkanes of at least 4 members (excludes halogenated alkanes) is 32. The number of carbonyl (C=O) groups excluding carboxylic acids is 1. The number of aliphatic hydroxyl groups is 3. The van der Waals surface area contributed by atoms with E-state index >= 15 is 0 Å². The molecule has 0 saturated heterocycles. The molecule has 0 heterocycles. The Bertz CT molecular complexity index is 684. The molecule has 49 heavy (non-hydrogen) atoms. The van der Waals surface area contributed by atoms with E-state index in [2.05, 4.69) is 19.2 Å². The van der Waals surface area contributed by atoms with E-state index < -0.39 is 24.2 Å². The number of amides is 1. The topological polar surface area (TPSA) is 89.8 Å². The Hall–Kier alpha value is -0.910. The highest BCUT2D eigenvalue weighted by molar-refractivity contribution is 5.80. The fraction of sp³-hybridized carbons (Fsp3) is 0.932. The number of hydrogen-bond acceptors (Lipinski definition) is 4. The molecule has 0 aliphatic heterocycles. The molecule has 0 spiro atoms. The van der Waals surface area contributed by atoms with Gasteiger partial charge in [0, 0.05) is 0 Å². The van der Waals surface area contributed by atoms with Crippen LogP contribution in [0.1, 0.15) is 239 Å². The van der Waals surface area contributed by atoms with Crippen molar-refractivity contribution in [2.45, 2.75) is 257 Å². The minimum absolute atomic E-state index is 0.359. The first-order valence-corrected chi connectivity index (χ1v) is 22.0. The van der Waals surface area contributed by atoms with Gasteiger partial charge in [-0.3, -0.25) is 4.79 Å². The molecule has 0 aliphatic rings. The molecular formula is C44H87NO4. The number of hydrogen-bond donors (Lipinski definition) is 4. The first-order valence-electron chi connectivity index (χ1n) is 22.0. The number of nitrogens with one attached hydrogen (secondary N) is 1. The van der Waals surface area contributed by atoms with Crippen molar-refractivity contribution in [3.8, 4) is 0 Å². The van der Waals surface area contributed by atoms with Crippen LogP contribution in [0.4, 0.5) is 0 Å². The van der Waals surface area contributed by atoms with E-state index in [0.29, 0.717) is 6.42 Å². The van der Waals surface area contributed by atoms with Gasteiger partial charge in [-0.25, -0.2) is 0 Å². The second-order valence-electron chi connectivity index (χ2n) is 15.3. The predicted molar refractivity (Wildman–Crippen MR) is 213 cm³/mol. The molecule has 4 N–H and O–H groups in total. The molecule has 0 rings (SSSR count). The molecule has 0 aromatic rings. The summed E-state index contributed by atoms with van der Waals surface area (Å²) in [6.07, 6.45) is 46.7. The fourth-order valence-corrected chi connectivity index (χ4v) is 6.89. The molecule has 3 atom stereocenters. The average molecular weight is 694 g/mol. The summed E-state index contributed by atoms with van der Waals surface area (Å²) >= 11 is 0. The number of aliphatic hydroxyl groups excluding tert-OH is 3. The van der Waals surface area contributed by atoms with Crippen molar-refractivity contribution in [2.24, 2.45) is 0 Å². The van der Waals surface area contributed by atoms with Crippen LogP contribution >= 0.6 is 0 Å². The lowest BCUT2D eigenvalue weighted by Gasteiger charge is -2.21. The summed E-state index contributed by atoms with van der Waals surface area (Å²) in [5.74, 6) is -0.499. The van der Waals surface area contributed by atoms with Crippen LogP contribution in [0.5, 0.6) is 0 Å². The van der Waals surface area contributed by atoms with Gasteiger partial charge in [-0.15, -0.1) is 0 Å². The van der Waals surface area contributed by atoms with Crippen molar-refractivity contribution in [1.82, 2.24) is 5.32 Å². The van der Waals surface area contributed by atoms with Gasteiger partial charge in [-0.1, -0.05) is 231 Å². The third-order valence-electron chi connectivity index (χ3n) is 10.4. The Morgan fingerprint density at radius 1 is 0.490 bits per heavy atom. The molecule has 0 aromatic heterocycles. The molecule has 0 unspecified atom stereocenters. The SMILES string of the molecule is CCCCCCCCCCCCCCC/C=C/[C@@H](O)[C@H](CO)NC(=O)[C@@H](O)CCCCCCCCCCCCCCCCCCCCCC. The van der Waals surface area contributed by atoms with Crippen molar-refractivity contribution >= 4 is 5.91 Å². The Kier molecular flexibility index (Phi) is 39.1. The van der Waals surface area contributed by atoms with Crippen molar-refractivity contribution < 1.29 is 20.1 Å². The molecule has 292 valence electrons. The second-order valence-corrected chi connectivity index (χ2v) is 15.3. The molecular weight excluding hydrogens is 606 g/mol. The van der Waals surface area contributed by atoms with Gasteiger partial charge in [0.15, 0.2) is 0 Å². The van der Waals surface area contributed by atoms with E-state index in [0.717, 1.165) is 32.1 Å². The summed E-state index contributed by atoms with van der Waals surface area (Å²) in [6.45, 7) is 4.19. The summed E-state index contributed by atoms with van der Waals surface area (Å²) in [6, 6.07) is -0.792. The number of allylic oxidation sites excluding steroid dienone is 1. The smallest absolute Gasteiger partial charge is 0.249 e. The van der Waals surface area contributed by atoms with E-state index in [9.17, 15) is 20.1 Å². The minimum atomic E-state index is -1.09. The summed E-state index contributed by atoms with van der Waals surface area (Å²) < 4.78 is 0. The molecule has 0 aromatic carbocycles. The minimum Gasteiger partial charge on any atom is -0.394 e. The van der Waals surface area contributed by atoms with Crippen LogP contribution in [-0.4, -0.2) is 46.1 Å². The standard InChI is InChI=1S/C44H87NO4/c1-3-5-7-9-11-13-15-17-19-20-21-22-23-25-27-29-31-33-35-37-39-43(48)44(49)45-41(40-46)42(47)38-36-34-32-30-28-26-24-18-16-14-12-10-8-6-4-2/h36,38,41-43,46-48H,3-35,37,39-40H2,1-2H3,(H,45,49)/b38-36+/t41-,42+,43-/m0/s1. The van der Waals surface area contributed by atoms with Crippen LogP contribution in [0.15, 0.2) is 12.2 Å². The first-order chi connectivity index (χ1) is 24.1. The molecule has 5 heteroatoms. The normalized spacial score (nSPS) is 13.7. The van der Waals surface area contributed by atoms with Gasteiger partial charge in [-0.05, 0) is 19.3 Å². The van der Waals surface area contributed by atoms with E-state index in [1.54, 1.807) is 6.08 Å². The van der Waals surface area contributed by atoms with Crippen molar-refractivity contribution in [3.63, 3.8) is 0 Å². The highest BCUT2D eigenvalue weighted by Crippen LogP contribution is 2.16. The number of rotatable bonds is 40. The zero-order chi connectivity index (χ0) is 35.9. The largest absolute Gasteiger partial charge is 0.394 e. The Morgan fingerprint density at radius 2 is 0.796 bits per heavy atom. The molecule has 0 saturated carbocycles. The Balaban J connectivity index is 3.63. The highest BCUT2D eigenvalue weighted by atomic mass is 16.3. The van der Waals surface area contributed by atoms with Gasteiger partial charge in [0.05, 0.1) is 18.8 Å². The maximum Gasteiger partial charge on any atom is 0.249 e. The second kappa shape index (κ2) is 39.9. The monoisotopic (exact) mass is 694 g/mol. The molecule has 0 fully saturated rings. The summed E-state index contributed by atoms with van der Waals surface area (Å²) in [5.41, 5.74) is 0. The highest BCUT2D eigenvalue weighted by Gasteiger charge is 2.22. The maximum atomic E-state index is 12.5. The van der Waals surface area contributed by atoms with Crippen LogP contribution in [-0.2, 0) is 4.79 Å². The predicted octanol–water partition coefficient (Wildman–Crippen LogP) is 12.4. The molecule has 5 nitrogen and oxygen atoms in total. The zero-order valence-electron chi connectivity index (χ0n) is 33.1. The molecule has 0 aliphatic carbocycles. The van der Waals surface area contributed by atoms with Crippen molar-refractivity contribution in [2.75, 3.05) is 6.61 Å².